The van der Waals surface area contributed by atoms with Gasteiger partial charge in [0.05, 0.1) is 5.54 Å². The molecule has 2 aliphatic carbocycles. The summed E-state index contributed by atoms with van der Waals surface area (Å²) < 4.78 is 0. The molecule has 1 aromatic heterocycles. The number of H-pyrrole nitrogens is 1. The molecule has 0 radical (unpaired) electrons. The molecule has 3 heteroatoms. The van der Waals surface area contributed by atoms with Gasteiger partial charge in [0.15, 0.2) is 0 Å². The number of nitrogens with one attached hydrogen (secondary N) is 2. The second-order valence-corrected chi connectivity index (χ2v) is 6.17. The first-order valence-electron chi connectivity index (χ1n) is 6.95. The number of allylic oxidation sites excluding steroid dienone is 1. The summed E-state index contributed by atoms with van der Waals surface area (Å²) in [7, 11) is 0. The van der Waals surface area contributed by atoms with E-state index >= 15 is 0 Å². The Bertz CT molecular complexity index is 695. The Hall–Kier alpha value is -1.61. The maximum Gasteiger partial charge on any atom is 0.248 e. The van der Waals surface area contributed by atoms with Gasteiger partial charge in [-0.15, -0.1) is 0 Å². The fourth-order valence-corrected chi connectivity index (χ4v) is 4.33. The smallest absolute Gasteiger partial charge is 0.248 e. The lowest BCUT2D eigenvalue weighted by atomic mass is 9.63. The Morgan fingerprint density at radius 1 is 1.32 bits per heavy atom. The molecule has 2 unspecified atom stereocenters. The third-order valence-corrected chi connectivity index (χ3v) is 4.86. The predicted octanol–water partition coefficient (Wildman–Crippen LogP) is 2.01. The number of aromatic nitrogens is 1. The van der Waals surface area contributed by atoms with Crippen molar-refractivity contribution in [3.63, 3.8) is 0 Å². The minimum Gasteiger partial charge on any atom is -0.326 e. The Kier molecular flexibility index (Phi) is 2.06. The molecule has 2 atom stereocenters. The summed E-state index contributed by atoms with van der Waals surface area (Å²) in [4.78, 5) is 14.6. The number of aromatic amines is 1. The van der Waals surface area contributed by atoms with Crippen LogP contribution in [-0.4, -0.2) is 11.5 Å². The van der Waals surface area contributed by atoms with Gasteiger partial charge in [0, 0.05) is 24.2 Å². The molecule has 98 valence electrons. The van der Waals surface area contributed by atoms with Crippen LogP contribution in [0, 0.1) is 5.92 Å². The highest BCUT2D eigenvalue weighted by molar-refractivity contribution is 5.53. The molecule has 0 saturated carbocycles. The van der Waals surface area contributed by atoms with E-state index in [1.165, 1.54) is 16.7 Å². The van der Waals surface area contributed by atoms with Crippen LogP contribution in [-0.2, 0) is 12.0 Å². The first-order chi connectivity index (χ1) is 9.10. The van der Waals surface area contributed by atoms with Crippen LogP contribution in [0.5, 0.6) is 0 Å². The molecule has 0 saturated heterocycles. The number of pyridine rings is 1. The summed E-state index contributed by atoms with van der Waals surface area (Å²) in [5.74, 6) is 0.453. The molecule has 0 aromatic carbocycles. The zero-order valence-electron chi connectivity index (χ0n) is 11.3. The van der Waals surface area contributed by atoms with Gasteiger partial charge in [0.2, 0.25) is 5.56 Å². The van der Waals surface area contributed by atoms with Crippen molar-refractivity contribution in [1.82, 2.24) is 10.3 Å². The molecule has 0 amide bonds. The van der Waals surface area contributed by atoms with Gasteiger partial charge in [0.25, 0.3) is 0 Å². The molecule has 19 heavy (non-hydrogen) atoms. The lowest BCUT2D eigenvalue weighted by molar-refractivity contribution is 0.361. The van der Waals surface area contributed by atoms with E-state index in [0.717, 1.165) is 25.1 Å². The quantitative estimate of drug-likeness (QED) is 0.696. The molecule has 1 aliphatic heterocycles. The van der Waals surface area contributed by atoms with Gasteiger partial charge in [-0.25, -0.2) is 0 Å². The Morgan fingerprint density at radius 2 is 2.16 bits per heavy atom. The summed E-state index contributed by atoms with van der Waals surface area (Å²) >= 11 is 0. The van der Waals surface area contributed by atoms with E-state index < -0.39 is 0 Å². The van der Waals surface area contributed by atoms with E-state index in [1.807, 2.05) is 6.07 Å². The van der Waals surface area contributed by atoms with Crippen molar-refractivity contribution < 1.29 is 0 Å². The van der Waals surface area contributed by atoms with Crippen molar-refractivity contribution in [2.75, 3.05) is 6.54 Å². The number of fused-ring (bicyclic) bond motifs is 1. The van der Waals surface area contributed by atoms with Crippen LogP contribution in [0.15, 0.2) is 39.7 Å². The highest BCUT2D eigenvalue weighted by Gasteiger charge is 2.50. The third kappa shape index (κ3) is 1.34. The van der Waals surface area contributed by atoms with Crippen LogP contribution in [0.2, 0.25) is 0 Å². The van der Waals surface area contributed by atoms with E-state index in [1.54, 1.807) is 11.6 Å². The van der Waals surface area contributed by atoms with Crippen LogP contribution < -0.4 is 10.9 Å². The van der Waals surface area contributed by atoms with E-state index in [2.05, 4.69) is 30.2 Å². The van der Waals surface area contributed by atoms with E-state index in [9.17, 15) is 4.79 Å². The molecule has 3 aliphatic rings. The molecular weight excluding hydrogens is 236 g/mol. The monoisotopic (exact) mass is 254 g/mol. The second-order valence-electron chi connectivity index (χ2n) is 6.17. The van der Waals surface area contributed by atoms with Crippen molar-refractivity contribution >= 4 is 0 Å². The van der Waals surface area contributed by atoms with E-state index in [-0.39, 0.29) is 11.1 Å². The number of rotatable bonds is 0. The standard InChI is InChI=1S/C16H18N2O/c1-9-5-11-6-13-12(3-4-14(19)18-13)16(7-9)15(11)10(2)8-17-16/h3-5,11,17H,6-8H2,1-2H3,(H,18,19). The fourth-order valence-electron chi connectivity index (χ4n) is 4.33. The Labute approximate surface area is 112 Å². The molecule has 2 bridgehead atoms. The fraction of sp³-hybridized carbons (Fsp3) is 0.438. The lowest BCUT2D eigenvalue weighted by Gasteiger charge is -2.45. The molecular formula is C16H18N2O. The maximum absolute atomic E-state index is 11.6. The first-order valence-corrected chi connectivity index (χ1v) is 6.95. The Morgan fingerprint density at radius 3 is 3.00 bits per heavy atom. The van der Waals surface area contributed by atoms with Gasteiger partial charge in [0.1, 0.15) is 0 Å². The summed E-state index contributed by atoms with van der Waals surface area (Å²) in [5, 5.41) is 3.72. The third-order valence-electron chi connectivity index (χ3n) is 4.86. The largest absolute Gasteiger partial charge is 0.326 e. The molecule has 2 heterocycles. The lowest BCUT2D eigenvalue weighted by Crippen LogP contribution is -2.48. The van der Waals surface area contributed by atoms with Crippen LogP contribution in [0.3, 0.4) is 0 Å². The SMILES string of the molecule is CC1=CC2Cc3[nH]c(=O)ccc3C3(C1)NCC(C)=C23. The summed E-state index contributed by atoms with van der Waals surface area (Å²) in [5.41, 5.74) is 6.84. The minimum atomic E-state index is -0.0502. The van der Waals surface area contributed by atoms with Gasteiger partial charge in [-0.2, -0.15) is 0 Å². The average Bonchev–Trinajstić information content (AvgIpc) is 2.68. The van der Waals surface area contributed by atoms with Crippen LogP contribution in [0.25, 0.3) is 0 Å². The second kappa shape index (κ2) is 3.48. The Balaban J connectivity index is 2.04. The highest BCUT2D eigenvalue weighted by atomic mass is 16.1. The average molecular weight is 254 g/mol. The van der Waals surface area contributed by atoms with Crippen molar-refractivity contribution in [2.24, 2.45) is 5.92 Å². The van der Waals surface area contributed by atoms with Gasteiger partial charge in [-0.05, 0) is 43.9 Å². The topological polar surface area (TPSA) is 44.9 Å². The summed E-state index contributed by atoms with van der Waals surface area (Å²) in [6.45, 7) is 5.42. The van der Waals surface area contributed by atoms with Gasteiger partial charge >= 0.3 is 0 Å². The molecule has 0 fully saturated rings. The van der Waals surface area contributed by atoms with E-state index in [0.29, 0.717) is 5.92 Å². The maximum atomic E-state index is 11.6. The first kappa shape index (κ1) is 11.2. The summed E-state index contributed by atoms with van der Waals surface area (Å²) in [6, 6.07) is 3.68. The zero-order valence-corrected chi connectivity index (χ0v) is 11.3. The molecule has 3 nitrogen and oxygen atoms in total. The number of hydrogen-bond donors (Lipinski definition) is 2. The van der Waals surface area contributed by atoms with Crippen LogP contribution in [0.1, 0.15) is 31.5 Å². The molecule has 2 N–H and O–H groups in total. The van der Waals surface area contributed by atoms with E-state index in [4.69, 9.17) is 0 Å². The van der Waals surface area contributed by atoms with Gasteiger partial charge in [-0.3, -0.25) is 10.1 Å². The van der Waals surface area contributed by atoms with Crippen molar-refractivity contribution in [2.45, 2.75) is 32.2 Å². The van der Waals surface area contributed by atoms with Crippen LogP contribution >= 0.6 is 0 Å². The summed E-state index contributed by atoms with van der Waals surface area (Å²) in [6.07, 6.45) is 4.34. The predicted molar refractivity (Wildman–Crippen MR) is 75.0 cm³/mol. The van der Waals surface area contributed by atoms with Gasteiger partial charge in [-0.1, -0.05) is 17.2 Å². The van der Waals surface area contributed by atoms with Crippen molar-refractivity contribution in [3.8, 4) is 0 Å². The van der Waals surface area contributed by atoms with Gasteiger partial charge < -0.3 is 4.98 Å². The number of hydrogen-bond acceptors (Lipinski definition) is 2. The molecule has 0 spiro atoms. The zero-order chi connectivity index (χ0) is 13.2. The minimum absolute atomic E-state index is 0.0103. The van der Waals surface area contributed by atoms with Crippen molar-refractivity contribution in [1.29, 1.82) is 0 Å². The highest BCUT2D eigenvalue weighted by Crippen LogP contribution is 2.52. The van der Waals surface area contributed by atoms with Crippen LogP contribution in [0.4, 0.5) is 0 Å². The van der Waals surface area contributed by atoms with Crippen molar-refractivity contribution in [3.05, 3.63) is 56.5 Å². The normalized spacial score (nSPS) is 31.9. The molecule has 1 aromatic rings. The molecule has 4 rings (SSSR count).